The molecule has 1 fully saturated rings. The lowest BCUT2D eigenvalue weighted by molar-refractivity contribution is -0.123. The molecule has 5 rings (SSSR count). The molecule has 0 atom stereocenters. The van der Waals surface area contributed by atoms with Crippen LogP contribution in [0.2, 0.25) is 0 Å². The second-order valence-corrected chi connectivity index (χ2v) is 12.1. The van der Waals surface area contributed by atoms with Gasteiger partial charge in [-0.1, -0.05) is 17.4 Å². The van der Waals surface area contributed by atoms with E-state index in [4.69, 9.17) is 0 Å². The van der Waals surface area contributed by atoms with Gasteiger partial charge < -0.3 is 0 Å². The zero-order valence-electron chi connectivity index (χ0n) is 18.1. The zero-order chi connectivity index (χ0) is 23.7. The van der Waals surface area contributed by atoms with Crippen molar-refractivity contribution in [1.29, 1.82) is 0 Å². The summed E-state index contributed by atoms with van der Waals surface area (Å²) in [7, 11) is -3.53. The Morgan fingerprint density at radius 3 is 2.74 bits per heavy atom. The van der Waals surface area contributed by atoms with Crippen molar-refractivity contribution >= 4 is 54.0 Å². The average molecular weight is 520 g/mol. The number of hydrogen-bond acceptors (Lipinski definition) is 7. The van der Waals surface area contributed by atoms with Crippen molar-refractivity contribution in [2.75, 3.05) is 24.5 Å². The third kappa shape index (κ3) is 4.63. The summed E-state index contributed by atoms with van der Waals surface area (Å²) in [5.41, 5.74) is 0.634. The summed E-state index contributed by atoms with van der Waals surface area (Å²) in [4.78, 5) is 19.8. The van der Waals surface area contributed by atoms with E-state index in [1.807, 2.05) is 12.3 Å². The molecule has 0 radical (unpaired) electrons. The summed E-state index contributed by atoms with van der Waals surface area (Å²) < 4.78 is 43.6. The third-order valence-electron chi connectivity index (χ3n) is 5.84. The molecule has 178 valence electrons. The van der Waals surface area contributed by atoms with E-state index in [2.05, 4.69) is 10.1 Å². The predicted molar refractivity (Wildman–Crippen MR) is 130 cm³/mol. The molecule has 1 aliphatic heterocycles. The Kier molecular flexibility index (Phi) is 6.47. The van der Waals surface area contributed by atoms with Crippen LogP contribution in [-0.2, 0) is 21.4 Å². The van der Waals surface area contributed by atoms with E-state index in [9.17, 15) is 17.6 Å². The quantitative estimate of drug-likeness (QED) is 0.370. The number of aromatic nitrogens is 3. The maximum absolute atomic E-state index is 13.7. The SMILES string of the molecule is O=C(C1CCN(S(=O)(=O)c2cccs2)CC1)N(CCn1cccn1)c1nc2ccc(F)cc2s1. The highest BCUT2D eigenvalue weighted by atomic mass is 32.2. The first-order valence-electron chi connectivity index (χ1n) is 10.8. The van der Waals surface area contributed by atoms with Gasteiger partial charge >= 0.3 is 0 Å². The molecule has 3 aromatic heterocycles. The van der Waals surface area contributed by atoms with Crippen molar-refractivity contribution in [3.8, 4) is 0 Å². The first kappa shape index (κ1) is 23.1. The number of hydrogen-bond donors (Lipinski definition) is 0. The highest BCUT2D eigenvalue weighted by Crippen LogP contribution is 2.32. The van der Waals surface area contributed by atoms with Crippen LogP contribution in [0.25, 0.3) is 10.2 Å². The molecule has 0 spiro atoms. The number of fused-ring (bicyclic) bond motifs is 1. The van der Waals surface area contributed by atoms with Crippen molar-refractivity contribution < 1.29 is 17.6 Å². The van der Waals surface area contributed by atoms with Gasteiger partial charge in [0.15, 0.2) is 5.13 Å². The van der Waals surface area contributed by atoms with E-state index < -0.39 is 10.0 Å². The van der Waals surface area contributed by atoms with Crippen molar-refractivity contribution in [2.45, 2.75) is 23.6 Å². The summed E-state index contributed by atoms with van der Waals surface area (Å²) in [5.74, 6) is -0.771. The topological polar surface area (TPSA) is 88.4 Å². The number of thiophene rings is 1. The Balaban J connectivity index is 1.35. The molecular formula is C22H22FN5O3S3. The Morgan fingerprint density at radius 1 is 1.21 bits per heavy atom. The molecule has 8 nitrogen and oxygen atoms in total. The molecule has 0 aliphatic carbocycles. The van der Waals surface area contributed by atoms with E-state index >= 15 is 0 Å². The second kappa shape index (κ2) is 9.53. The van der Waals surface area contributed by atoms with Crippen molar-refractivity contribution in [1.82, 2.24) is 19.1 Å². The highest BCUT2D eigenvalue weighted by molar-refractivity contribution is 7.91. The molecule has 0 unspecified atom stereocenters. The van der Waals surface area contributed by atoms with Crippen LogP contribution in [-0.4, -0.2) is 53.0 Å². The summed E-state index contributed by atoms with van der Waals surface area (Å²) in [6.07, 6.45) is 4.36. The smallest absolute Gasteiger partial charge is 0.252 e. The number of thiazole rings is 1. The molecule has 12 heteroatoms. The van der Waals surface area contributed by atoms with Crippen molar-refractivity contribution in [3.05, 3.63) is 60.0 Å². The van der Waals surface area contributed by atoms with E-state index in [1.54, 1.807) is 39.4 Å². The van der Waals surface area contributed by atoms with E-state index in [0.717, 1.165) is 0 Å². The third-order valence-corrected chi connectivity index (χ3v) is 10.2. The Morgan fingerprint density at radius 2 is 2.03 bits per heavy atom. The molecule has 0 N–H and O–H groups in total. The number of carbonyl (C=O) groups excluding carboxylic acids is 1. The molecule has 1 aliphatic rings. The predicted octanol–water partition coefficient (Wildman–Crippen LogP) is 3.83. The molecule has 0 bridgehead atoms. The van der Waals surface area contributed by atoms with Gasteiger partial charge in [-0.3, -0.25) is 14.4 Å². The number of piperidine rings is 1. The molecule has 1 aromatic carbocycles. The van der Waals surface area contributed by atoms with Crippen LogP contribution in [0.15, 0.2) is 58.4 Å². The fourth-order valence-corrected chi connectivity index (χ4v) is 7.67. The summed E-state index contributed by atoms with van der Waals surface area (Å²) in [5, 5.41) is 6.46. The van der Waals surface area contributed by atoms with Gasteiger partial charge in [-0.25, -0.2) is 17.8 Å². The van der Waals surface area contributed by atoms with Crippen LogP contribution in [0.3, 0.4) is 0 Å². The van der Waals surface area contributed by atoms with Gasteiger partial charge in [0, 0.05) is 37.9 Å². The molecule has 0 saturated carbocycles. The molecule has 1 amide bonds. The molecular weight excluding hydrogens is 497 g/mol. The first-order chi connectivity index (χ1) is 16.4. The minimum absolute atomic E-state index is 0.0974. The van der Waals surface area contributed by atoms with Gasteiger partial charge in [-0.05, 0) is 48.6 Å². The summed E-state index contributed by atoms with van der Waals surface area (Å²) >= 11 is 2.47. The molecule has 1 saturated heterocycles. The maximum Gasteiger partial charge on any atom is 0.252 e. The number of nitrogens with zero attached hydrogens (tertiary/aromatic N) is 5. The second-order valence-electron chi connectivity index (χ2n) is 7.98. The number of rotatable bonds is 7. The number of anilines is 1. The summed E-state index contributed by atoms with van der Waals surface area (Å²) in [6, 6.07) is 9.51. The van der Waals surface area contributed by atoms with Gasteiger partial charge in [-0.2, -0.15) is 9.40 Å². The van der Waals surface area contributed by atoms with Gasteiger partial charge in [-0.15, -0.1) is 11.3 Å². The van der Waals surface area contributed by atoms with Crippen LogP contribution < -0.4 is 4.90 Å². The zero-order valence-corrected chi connectivity index (χ0v) is 20.5. The molecule has 4 aromatic rings. The number of benzene rings is 1. The average Bonchev–Trinajstić information content (AvgIpc) is 3.60. The van der Waals surface area contributed by atoms with E-state index in [-0.39, 0.29) is 30.7 Å². The molecule has 34 heavy (non-hydrogen) atoms. The largest absolute Gasteiger partial charge is 0.286 e. The van der Waals surface area contributed by atoms with Crippen LogP contribution in [0.1, 0.15) is 12.8 Å². The normalized spacial score (nSPS) is 15.7. The number of amides is 1. The lowest BCUT2D eigenvalue weighted by atomic mass is 9.96. The Hall–Kier alpha value is -2.67. The Labute approximate surface area is 204 Å². The van der Waals surface area contributed by atoms with E-state index in [0.29, 0.717) is 45.5 Å². The van der Waals surface area contributed by atoms with Crippen LogP contribution >= 0.6 is 22.7 Å². The fourth-order valence-electron chi connectivity index (χ4n) is 4.04. The van der Waals surface area contributed by atoms with Crippen LogP contribution in [0.5, 0.6) is 0 Å². The number of sulfonamides is 1. The maximum atomic E-state index is 13.7. The van der Waals surface area contributed by atoms with Gasteiger partial charge in [0.1, 0.15) is 10.0 Å². The monoisotopic (exact) mass is 519 g/mol. The van der Waals surface area contributed by atoms with Crippen LogP contribution in [0, 0.1) is 11.7 Å². The van der Waals surface area contributed by atoms with Gasteiger partial charge in [0.05, 0.1) is 16.8 Å². The van der Waals surface area contributed by atoms with Crippen molar-refractivity contribution in [3.63, 3.8) is 0 Å². The minimum atomic E-state index is -3.53. The molecule has 4 heterocycles. The first-order valence-corrected chi connectivity index (χ1v) is 13.9. The summed E-state index contributed by atoms with van der Waals surface area (Å²) in [6.45, 7) is 1.41. The standard InChI is InChI=1S/C22H22FN5O3S3/c23-17-4-5-18-19(15-17)33-22(25-18)28(13-12-26-9-2-8-24-26)21(29)16-6-10-27(11-7-16)34(30,31)20-3-1-14-32-20/h1-5,8-9,14-16H,6-7,10-13H2. The van der Waals surface area contributed by atoms with E-state index in [1.165, 1.54) is 39.1 Å². The number of halogens is 1. The number of carbonyl (C=O) groups is 1. The van der Waals surface area contributed by atoms with Gasteiger partial charge in [0.2, 0.25) is 5.91 Å². The van der Waals surface area contributed by atoms with Crippen molar-refractivity contribution in [2.24, 2.45) is 5.92 Å². The highest BCUT2D eigenvalue weighted by Gasteiger charge is 2.35. The minimum Gasteiger partial charge on any atom is -0.286 e. The Bertz CT molecular complexity index is 1380. The van der Waals surface area contributed by atoms with Gasteiger partial charge in [0.25, 0.3) is 10.0 Å². The van der Waals surface area contributed by atoms with Crippen LogP contribution in [0.4, 0.5) is 9.52 Å². The lowest BCUT2D eigenvalue weighted by Crippen LogP contribution is -2.45. The fraction of sp³-hybridized carbons (Fsp3) is 0.318. The lowest BCUT2D eigenvalue weighted by Gasteiger charge is -2.32.